The molecule has 3 rings (SSSR count). The molecule has 1 aliphatic carbocycles. The van der Waals surface area contributed by atoms with E-state index in [-0.39, 0.29) is 0 Å². The van der Waals surface area contributed by atoms with Crippen molar-refractivity contribution >= 4 is 0 Å². The van der Waals surface area contributed by atoms with Crippen LogP contribution in [-0.4, -0.2) is 47.6 Å². The summed E-state index contributed by atoms with van der Waals surface area (Å²) in [6, 6.07) is 0.904. The molecule has 2 heteroatoms. The van der Waals surface area contributed by atoms with Crippen LogP contribution < -0.4 is 0 Å². The third kappa shape index (κ3) is 3.79. The summed E-state index contributed by atoms with van der Waals surface area (Å²) in [6.07, 6.45) is 8.72. The van der Waals surface area contributed by atoms with E-state index in [0.717, 1.165) is 12.0 Å². The molecule has 1 spiro atoms. The first-order valence-corrected chi connectivity index (χ1v) is 10.1. The van der Waals surface area contributed by atoms with Crippen molar-refractivity contribution in [1.29, 1.82) is 0 Å². The predicted molar refractivity (Wildman–Crippen MR) is 99.8 cm³/mol. The van der Waals surface area contributed by atoms with Crippen molar-refractivity contribution in [2.75, 3.05) is 26.2 Å². The van der Waals surface area contributed by atoms with Crippen molar-refractivity contribution in [3.63, 3.8) is 0 Å². The summed E-state index contributed by atoms with van der Waals surface area (Å²) in [7, 11) is 0. The SMILES string of the molecule is CC(C)(C)C1CCCN(C2CC3(CCN(C(C)(C)C)CC3)C2)C1. The number of hydrogen-bond acceptors (Lipinski definition) is 2. The van der Waals surface area contributed by atoms with Crippen molar-refractivity contribution in [2.45, 2.75) is 91.6 Å². The lowest BCUT2D eigenvalue weighted by Gasteiger charge is -2.58. The highest BCUT2D eigenvalue weighted by molar-refractivity contribution is 5.03. The standard InChI is InChI=1S/C21H40N2/c1-19(2,3)17-8-7-11-22(16-17)18-14-21(15-18)9-12-23(13-10-21)20(4,5)6/h17-18H,7-16H2,1-6H3. The molecule has 0 radical (unpaired) electrons. The summed E-state index contributed by atoms with van der Waals surface area (Å²) in [6.45, 7) is 19.8. The van der Waals surface area contributed by atoms with Gasteiger partial charge in [0.05, 0.1) is 0 Å². The van der Waals surface area contributed by atoms with Crippen LogP contribution in [0.1, 0.15) is 80.1 Å². The first-order chi connectivity index (χ1) is 10.6. The summed E-state index contributed by atoms with van der Waals surface area (Å²) in [4.78, 5) is 5.56. The molecule has 2 nitrogen and oxygen atoms in total. The zero-order valence-electron chi connectivity index (χ0n) is 16.6. The molecular formula is C21H40N2. The highest BCUT2D eigenvalue weighted by atomic mass is 15.2. The average molecular weight is 321 g/mol. The molecule has 0 aromatic rings. The molecule has 2 aliphatic heterocycles. The Morgan fingerprint density at radius 2 is 1.48 bits per heavy atom. The molecule has 3 fully saturated rings. The Bertz CT molecular complexity index is 399. The summed E-state index contributed by atoms with van der Waals surface area (Å²) in [5.74, 6) is 0.899. The fourth-order valence-electron chi connectivity index (χ4n) is 5.30. The van der Waals surface area contributed by atoms with Gasteiger partial charge in [-0.05, 0) is 95.7 Å². The van der Waals surface area contributed by atoms with Crippen LogP contribution in [0, 0.1) is 16.7 Å². The minimum Gasteiger partial charge on any atom is -0.300 e. The monoisotopic (exact) mass is 320 g/mol. The van der Waals surface area contributed by atoms with E-state index in [9.17, 15) is 0 Å². The van der Waals surface area contributed by atoms with Gasteiger partial charge in [0, 0.05) is 18.1 Å². The fourth-order valence-corrected chi connectivity index (χ4v) is 5.30. The van der Waals surface area contributed by atoms with Crippen molar-refractivity contribution in [1.82, 2.24) is 9.80 Å². The molecule has 3 aliphatic rings. The smallest absolute Gasteiger partial charge is 0.0125 e. The van der Waals surface area contributed by atoms with Crippen molar-refractivity contribution in [3.05, 3.63) is 0 Å². The highest BCUT2D eigenvalue weighted by Gasteiger charge is 2.49. The zero-order valence-corrected chi connectivity index (χ0v) is 16.6. The van der Waals surface area contributed by atoms with Crippen LogP contribution in [0.25, 0.3) is 0 Å². The van der Waals surface area contributed by atoms with E-state index in [2.05, 4.69) is 51.3 Å². The summed E-state index contributed by atoms with van der Waals surface area (Å²) in [5, 5.41) is 0. The first-order valence-electron chi connectivity index (χ1n) is 10.1. The van der Waals surface area contributed by atoms with E-state index >= 15 is 0 Å². The largest absolute Gasteiger partial charge is 0.300 e. The molecule has 23 heavy (non-hydrogen) atoms. The second-order valence-corrected chi connectivity index (χ2v) is 10.9. The van der Waals surface area contributed by atoms with Crippen molar-refractivity contribution in [2.24, 2.45) is 16.7 Å². The zero-order chi connectivity index (χ0) is 16.9. The number of rotatable bonds is 1. The van der Waals surface area contributed by atoms with E-state index in [0.29, 0.717) is 16.4 Å². The minimum atomic E-state index is 0.359. The van der Waals surface area contributed by atoms with Crippen molar-refractivity contribution < 1.29 is 0 Å². The van der Waals surface area contributed by atoms with Crippen molar-refractivity contribution in [3.8, 4) is 0 Å². The van der Waals surface area contributed by atoms with Crippen LogP contribution in [0.15, 0.2) is 0 Å². The Kier molecular flexibility index (Phi) is 4.64. The molecule has 0 bridgehead atoms. The van der Waals surface area contributed by atoms with Gasteiger partial charge in [0.1, 0.15) is 0 Å². The van der Waals surface area contributed by atoms with Crippen LogP contribution in [0.2, 0.25) is 0 Å². The number of nitrogens with zero attached hydrogens (tertiary/aromatic N) is 2. The van der Waals surface area contributed by atoms with Gasteiger partial charge in [0.25, 0.3) is 0 Å². The van der Waals surface area contributed by atoms with E-state index in [1.54, 1.807) is 0 Å². The third-order valence-electron chi connectivity index (χ3n) is 7.30. The molecule has 0 amide bonds. The average Bonchev–Trinajstić information content (AvgIpc) is 2.43. The summed E-state index contributed by atoms with van der Waals surface area (Å²) < 4.78 is 0. The lowest BCUT2D eigenvalue weighted by Crippen LogP contribution is -2.58. The van der Waals surface area contributed by atoms with Crippen LogP contribution in [0.4, 0.5) is 0 Å². The van der Waals surface area contributed by atoms with Gasteiger partial charge in [-0.2, -0.15) is 0 Å². The van der Waals surface area contributed by atoms with Crippen LogP contribution in [0.5, 0.6) is 0 Å². The van der Waals surface area contributed by atoms with E-state index < -0.39 is 0 Å². The Hall–Kier alpha value is -0.0800. The molecule has 0 aromatic carbocycles. The van der Waals surface area contributed by atoms with Gasteiger partial charge in [-0.3, -0.25) is 4.90 Å². The summed E-state index contributed by atoms with van der Waals surface area (Å²) >= 11 is 0. The molecule has 1 unspecified atom stereocenters. The molecule has 1 saturated carbocycles. The third-order valence-corrected chi connectivity index (χ3v) is 7.30. The normalized spacial score (nSPS) is 31.3. The minimum absolute atomic E-state index is 0.359. The Balaban J connectivity index is 1.50. The fraction of sp³-hybridized carbons (Fsp3) is 1.00. The van der Waals surface area contributed by atoms with Gasteiger partial charge in [0.15, 0.2) is 0 Å². The van der Waals surface area contributed by atoms with Gasteiger partial charge < -0.3 is 4.90 Å². The topological polar surface area (TPSA) is 6.48 Å². The Morgan fingerprint density at radius 1 is 0.870 bits per heavy atom. The Labute approximate surface area is 145 Å². The van der Waals surface area contributed by atoms with Crippen LogP contribution in [-0.2, 0) is 0 Å². The van der Waals surface area contributed by atoms with Gasteiger partial charge >= 0.3 is 0 Å². The molecular weight excluding hydrogens is 280 g/mol. The molecule has 134 valence electrons. The second kappa shape index (κ2) is 6.02. The van der Waals surface area contributed by atoms with Crippen LogP contribution in [0.3, 0.4) is 0 Å². The molecule has 0 aromatic heterocycles. The highest BCUT2D eigenvalue weighted by Crippen LogP contribution is 2.52. The molecule has 2 saturated heterocycles. The number of hydrogen-bond donors (Lipinski definition) is 0. The van der Waals surface area contributed by atoms with Crippen LogP contribution >= 0.6 is 0 Å². The maximum atomic E-state index is 2.86. The van der Waals surface area contributed by atoms with E-state index in [1.165, 1.54) is 64.7 Å². The summed E-state index contributed by atoms with van der Waals surface area (Å²) in [5.41, 5.74) is 1.55. The maximum absolute atomic E-state index is 2.86. The molecule has 2 heterocycles. The molecule has 1 atom stereocenters. The maximum Gasteiger partial charge on any atom is 0.0125 e. The predicted octanol–water partition coefficient (Wildman–Crippen LogP) is 4.79. The van der Waals surface area contributed by atoms with Gasteiger partial charge in [0.2, 0.25) is 0 Å². The van der Waals surface area contributed by atoms with Gasteiger partial charge in [-0.15, -0.1) is 0 Å². The van der Waals surface area contributed by atoms with Gasteiger partial charge in [-0.1, -0.05) is 20.8 Å². The second-order valence-electron chi connectivity index (χ2n) is 10.9. The van der Waals surface area contributed by atoms with Gasteiger partial charge in [-0.25, -0.2) is 0 Å². The van der Waals surface area contributed by atoms with E-state index in [4.69, 9.17) is 0 Å². The lowest BCUT2D eigenvalue weighted by atomic mass is 9.59. The Morgan fingerprint density at radius 3 is 2.00 bits per heavy atom. The molecule has 0 N–H and O–H groups in total. The quantitative estimate of drug-likeness (QED) is 0.685. The number of likely N-dealkylation sites (tertiary alicyclic amines) is 2. The lowest BCUT2D eigenvalue weighted by molar-refractivity contribution is -0.0725. The number of piperidine rings is 2. The first kappa shape index (κ1) is 17.7. The van der Waals surface area contributed by atoms with E-state index in [1.807, 2.05) is 0 Å².